The fraction of sp³-hybridized carbons (Fsp3) is 0.316. The average molecular weight is 411 g/mol. The second-order valence-corrected chi connectivity index (χ2v) is 8.46. The van der Waals surface area contributed by atoms with Crippen molar-refractivity contribution in [3.63, 3.8) is 0 Å². The van der Waals surface area contributed by atoms with Gasteiger partial charge < -0.3 is 10.1 Å². The first-order chi connectivity index (χ1) is 12.7. The fourth-order valence-corrected chi connectivity index (χ4v) is 3.82. The number of hydrogen-bond acceptors (Lipinski definition) is 4. The fourth-order valence-electron chi connectivity index (χ4n) is 2.52. The van der Waals surface area contributed by atoms with E-state index in [-0.39, 0.29) is 13.2 Å². The van der Waals surface area contributed by atoms with E-state index in [4.69, 9.17) is 16.3 Å². The maximum Gasteiger partial charge on any atom is 0.243 e. The third-order valence-corrected chi connectivity index (χ3v) is 5.35. The van der Waals surface area contributed by atoms with E-state index in [1.165, 1.54) is 6.92 Å². The number of hydrogen-bond donors (Lipinski definition) is 1. The molecule has 6 nitrogen and oxygen atoms in total. The average Bonchev–Trinajstić information content (AvgIpc) is 2.60. The summed E-state index contributed by atoms with van der Waals surface area (Å²) in [5.41, 5.74) is 1.51. The molecule has 0 aliphatic rings. The number of halogens is 1. The summed E-state index contributed by atoms with van der Waals surface area (Å²) in [6.07, 6.45) is 1.06. The van der Waals surface area contributed by atoms with Crippen LogP contribution < -0.4 is 14.4 Å². The number of aryl methyl sites for hydroxylation is 1. The second-order valence-electron chi connectivity index (χ2n) is 6.16. The number of anilines is 1. The van der Waals surface area contributed by atoms with Crippen molar-refractivity contribution >= 4 is 33.2 Å². The number of ether oxygens (including phenoxy) is 1. The molecule has 0 fully saturated rings. The topological polar surface area (TPSA) is 75.7 Å². The van der Waals surface area contributed by atoms with Gasteiger partial charge in [-0.1, -0.05) is 29.3 Å². The Balaban J connectivity index is 1.96. The molecule has 0 aliphatic heterocycles. The number of rotatable bonds is 8. The molecule has 1 atom stereocenters. The van der Waals surface area contributed by atoms with Crippen LogP contribution in [0.15, 0.2) is 48.5 Å². The molecular formula is C19H23ClN2O4S. The predicted molar refractivity (Wildman–Crippen MR) is 108 cm³/mol. The Morgan fingerprint density at radius 3 is 2.30 bits per heavy atom. The molecule has 1 N–H and O–H groups in total. The van der Waals surface area contributed by atoms with E-state index in [1.807, 2.05) is 31.2 Å². The lowest BCUT2D eigenvalue weighted by Gasteiger charge is -2.28. The molecule has 0 bridgehead atoms. The molecule has 1 amide bonds. The third-order valence-electron chi connectivity index (χ3n) is 3.86. The number of carbonyl (C=O) groups is 1. The predicted octanol–water partition coefficient (Wildman–Crippen LogP) is 3.00. The zero-order valence-electron chi connectivity index (χ0n) is 15.5. The van der Waals surface area contributed by atoms with Crippen molar-refractivity contribution in [3.05, 3.63) is 59.1 Å². The molecule has 0 heterocycles. The Morgan fingerprint density at radius 2 is 1.74 bits per heavy atom. The molecule has 146 valence electrons. The van der Waals surface area contributed by atoms with Crippen molar-refractivity contribution in [2.75, 3.05) is 23.7 Å². The van der Waals surface area contributed by atoms with Crippen molar-refractivity contribution in [1.82, 2.24) is 5.32 Å². The van der Waals surface area contributed by atoms with Crippen molar-refractivity contribution in [1.29, 1.82) is 0 Å². The molecule has 0 spiro atoms. The van der Waals surface area contributed by atoms with Crippen molar-refractivity contribution in [2.45, 2.75) is 19.9 Å². The van der Waals surface area contributed by atoms with Gasteiger partial charge >= 0.3 is 0 Å². The number of nitrogens with one attached hydrogen (secondary N) is 1. The first-order valence-corrected chi connectivity index (χ1v) is 10.6. The van der Waals surface area contributed by atoms with E-state index in [2.05, 4.69) is 5.32 Å². The summed E-state index contributed by atoms with van der Waals surface area (Å²) in [4.78, 5) is 12.4. The molecule has 8 heteroatoms. The summed E-state index contributed by atoms with van der Waals surface area (Å²) in [6, 6.07) is 12.9. The van der Waals surface area contributed by atoms with Gasteiger partial charge in [0.25, 0.3) is 0 Å². The molecular weight excluding hydrogens is 388 g/mol. The van der Waals surface area contributed by atoms with E-state index >= 15 is 0 Å². The van der Waals surface area contributed by atoms with Gasteiger partial charge in [-0.05, 0) is 50.2 Å². The van der Waals surface area contributed by atoms with Crippen LogP contribution in [0.2, 0.25) is 5.02 Å². The highest BCUT2D eigenvalue weighted by Crippen LogP contribution is 2.23. The van der Waals surface area contributed by atoms with Crippen LogP contribution in [0, 0.1) is 6.92 Å². The first kappa shape index (κ1) is 21.1. The first-order valence-electron chi connectivity index (χ1n) is 8.40. The van der Waals surface area contributed by atoms with Crippen LogP contribution in [0.4, 0.5) is 5.69 Å². The lowest BCUT2D eigenvalue weighted by molar-refractivity contribution is -0.121. The van der Waals surface area contributed by atoms with Gasteiger partial charge in [0, 0.05) is 5.02 Å². The van der Waals surface area contributed by atoms with Gasteiger partial charge in [-0.3, -0.25) is 9.10 Å². The van der Waals surface area contributed by atoms with Crippen molar-refractivity contribution in [3.8, 4) is 5.75 Å². The Bertz CT molecular complexity index is 868. The summed E-state index contributed by atoms with van der Waals surface area (Å²) in [5.74, 6) is 0.296. The highest BCUT2D eigenvalue weighted by molar-refractivity contribution is 7.92. The zero-order chi connectivity index (χ0) is 20.0. The van der Waals surface area contributed by atoms with Crippen LogP contribution in [0.1, 0.15) is 12.5 Å². The Morgan fingerprint density at radius 1 is 1.15 bits per heavy atom. The minimum absolute atomic E-state index is 0.259. The molecule has 0 aromatic heterocycles. The van der Waals surface area contributed by atoms with E-state index in [9.17, 15) is 13.2 Å². The molecule has 2 aromatic carbocycles. The summed E-state index contributed by atoms with van der Waals surface area (Å²) >= 11 is 5.86. The van der Waals surface area contributed by atoms with Crippen LogP contribution in [-0.4, -0.2) is 39.8 Å². The lowest BCUT2D eigenvalue weighted by Crippen LogP contribution is -2.48. The van der Waals surface area contributed by atoms with Crippen LogP contribution in [0.25, 0.3) is 0 Å². The maximum absolute atomic E-state index is 12.4. The Labute approximate surface area is 165 Å². The summed E-state index contributed by atoms with van der Waals surface area (Å²) < 4.78 is 31.0. The third kappa shape index (κ3) is 6.15. The number of amides is 1. The van der Waals surface area contributed by atoms with Crippen LogP contribution in [0.5, 0.6) is 5.75 Å². The van der Waals surface area contributed by atoms with Gasteiger partial charge in [0.1, 0.15) is 18.4 Å². The van der Waals surface area contributed by atoms with E-state index < -0.39 is 22.0 Å². The largest absolute Gasteiger partial charge is 0.492 e. The van der Waals surface area contributed by atoms with E-state index in [0.717, 1.165) is 16.1 Å². The monoisotopic (exact) mass is 410 g/mol. The number of benzene rings is 2. The quantitative estimate of drug-likeness (QED) is 0.679. The number of carbonyl (C=O) groups excluding carboxylic acids is 1. The molecule has 0 saturated heterocycles. The highest BCUT2D eigenvalue weighted by Gasteiger charge is 2.28. The smallest absolute Gasteiger partial charge is 0.243 e. The molecule has 0 saturated carbocycles. The van der Waals surface area contributed by atoms with Crippen LogP contribution in [0.3, 0.4) is 0 Å². The van der Waals surface area contributed by atoms with Gasteiger partial charge in [-0.15, -0.1) is 0 Å². The summed E-state index contributed by atoms with van der Waals surface area (Å²) in [7, 11) is -3.65. The SMILES string of the molecule is Cc1ccc(OCCNC(=O)[C@H](C)N(c2ccc(Cl)cc2)S(C)(=O)=O)cc1. The minimum atomic E-state index is -3.65. The van der Waals surface area contributed by atoms with Crippen LogP contribution in [-0.2, 0) is 14.8 Å². The van der Waals surface area contributed by atoms with Gasteiger partial charge in [0.05, 0.1) is 18.5 Å². The van der Waals surface area contributed by atoms with E-state index in [1.54, 1.807) is 24.3 Å². The molecule has 0 aliphatic carbocycles. The Hall–Kier alpha value is -2.25. The lowest BCUT2D eigenvalue weighted by atomic mass is 10.2. The maximum atomic E-state index is 12.4. The Kier molecular flexibility index (Phi) is 7.10. The van der Waals surface area contributed by atoms with Gasteiger partial charge in [-0.2, -0.15) is 0 Å². The van der Waals surface area contributed by atoms with Crippen molar-refractivity contribution in [2.24, 2.45) is 0 Å². The van der Waals surface area contributed by atoms with Gasteiger partial charge in [-0.25, -0.2) is 8.42 Å². The van der Waals surface area contributed by atoms with Gasteiger partial charge in [0.2, 0.25) is 15.9 Å². The standard InChI is InChI=1S/C19H23ClN2O4S/c1-14-4-10-18(11-5-14)26-13-12-21-19(23)15(2)22(27(3,24)25)17-8-6-16(20)7-9-17/h4-11,15H,12-13H2,1-3H3,(H,21,23)/t15-/m0/s1. The van der Waals surface area contributed by atoms with Crippen LogP contribution >= 0.6 is 11.6 Å². The second kappa shape index (κ2) is 9.10. The summed E-state index contributed by atoms with van der Waals surface area (Å²) in [6.45, 7) is 4.06. The highest BCUT2D eigenvalue weighted by atomic mass is 35.5. The summed E-state index contributed by atoms with van der Waals surface area (Å²) in [5, 5.41) is 3.19. The molecule has 27 heavy (non-hydrogen) atoms. The number of sulfonamides is 1. The van der Waals surface area contributed by atoms with E-state index in [0.29, 0.717) is 16.5 Å². The molecule has 0 radical (unpaired) electrons. The van der Waals surface area contributed by atoms with Crippen molar-refractivity contribution < 1.29 is 17.9 Å². The molecule has 0 unspecified atom stereocenters. The molecule has 2 aromatic rings. The van der Waals surface area contributed by atoms with Gasteiger partial charge in [0.15, 0.2) is 0 Å². The normalized spacial score (nSPS) is 12.3. The molecule has 2 rings (SSSR count). The number of nitrogens with zero attached hydrogens (tertiary/aromatic N) is 1. The minimum Gasteiger partial charge on any atom is -0.492 e. The zero-order valence-corrected chi connectivity index (χ0v) is 17.0.